The van der Waals surface area contributed by atoms with E-state index in [1.165, 1.54) is 0 Å². The van der Waals surface area contributed by atoms with Gasteiger partial charge in [-0.25, -0.2) is 4.79 Å². The highest BCUT2D eigenvalue weighted by Gasteiger charge is 2.26. The molecule has 0 saturated carbocycles. The lowest BCUT2D eigenvalue weighted by Crippen LogP contribution is -2.43. The van der Waals surface area contributed by atoms with E-state index in [1.807, 2.05) is 6.07 Å². The van der Waals surface area contributed by atoms with Crippen molar-refractivity contribution in [3.63, 3.8) is 0 Å². The van der Waals surface area contributed by atoms with Crippen molar-refractivity contribution in [1.82, 2.24) is 5.32 Å². The Kier molecular flexibility index (Phi) is 6.12. The fraction of sp³-hybridized carbons (Fsp3) is 0.308. The molecule has 7 heteroatoms. The minimum absolute atomic E-state index is 0.425. The second-order valence-electron chi connectivity index (χ2n) is 4.23. The number of hydrogen-bond acceptors (Lipinski definition) is 4. The zero-order valence-corrected chi connectivity index (χ0v) is 12.1. The number of nitrogens with one attached hydrogen (secondary N) is 1. The Morgan fingerprint density at radius 2 is 1.90 bits per heavy atom. The van der Waals surface area contributed by atoms with Crippen LogP contribution in [0.15, 0.2) is 30.3 Å². The molecule has 0 aliphatic heterocycles. The van der Waals surface area contributed by atoms with Crippen molar-refractivity contribution in [2.75, 3.05) is 0 Å². The highest BCUT2D eigenvalue weighted by molar-refractivity contribution is 7.10. The zero-order chi connectivity index (χ0) is 15.1. The smallest absolute Gasteiger partial charge is 0.326 e. The van der Waals surface area contributed by atoms with E-state index in [4.69, 9.17) is 5.11 Å². The summed E-state index contributed by atoms with van der Waals surface area (Å²) in [5.41, 5.74) is 0.766. The first-order chi connectivity index (χ1) is 9.45. The second kappa shape index (κ2) is 7.60. The van der Waals surface area contributed by atoms with Crippen molar-refractivity contribution in [1.29, 1.82) is 0 Å². The molecule has 1 rings (SSSR count). The maximum Gasteiger partial charge on any atom is 0.326 e. The summed E-state index contributed by atoms with van der Waals surface area (Å²) in [6.07, 6.45) is -0.425. The van der Waals surface area contributed by atoms with Crippen LogP contribution in [-0.4, -0.2) is 29.0 Å². The summed E-state index contributed by atoms with van der Waals surface area (Å²) >= 11 is 0. The van der Waals surface area contributed by atoms with Gasteiger partial charge in [-0.2, -0.15) is 0 Å². The molecule has 1 aromatic rings. The van der Waals surface area contributed by atoms with Gasteiger partial charge in [0.2, 0.25) is 5.91 Å². The average Bonchev–Trinajstić information content (AvgIpc) is 2.46. The van der Waals surface area contributed by atoms with Crippen molar-refractivity contribution in [3.05, 3.63) is 35.9 Å². The van der Waals surface area contributed by atoms with Crippen molar-refractivity contribution in [2.24, 2.45) is 0 Å². The first-order valence-corrected chi connectivity index (χ1v) is 6.40. The first kappa shape index (κ1) is 16.1. The number of carboxylic acid groups (broad SMARTS) is 1. The molecule has 6 nitrogen and oxygen atoms in total. The highest BCUT2D eigenvalue weighted by atomic mass is 31.0. The van der Waals surface area contributed by atoms with Crippen LogP contribution in [0, 0.1) is 0 Å². The summed E-state index contributed by atoms with van der Waals surface area (Å²) in [7, 11) is 1.74. The monoisotopic (exact) mass is 297 g/mol. The van der Waals surface area contributed by atoms with Crippen LogP contribution in [0.4, 0.5) is 0 Å². The number of aliphatic carboxylic acids is 1. The molecule has 0 aliphatic carbocycles. The van der Waals surface area contributed by atoms with E-state index in [2.05, 4.69) is 9.84 Å². The van der Waals surface area contributed by atoms with Crippen LogP contribution in [0.25, 0.3) is 0 Å². The molecule has 0 aromatic heterocycles. The van der Waals surface area contributed by atoms with Gasteiger partial charge in [0.05, 0.1) is 21.8 Å². The summed E-state index contributed by atoms with van der Waals surface area (Å²) < 4.78 is 4.32. The topological polar surface area (TPSA) is 92.7 Å². The Bertz CT molecular complexity index is 491. The Morgan fingerprint density at radius 3 is 2.40 bits per heavy atom. The van der Waals surface area contributed by atoms with E-state index in [0.717, 1.165) is 5.56 Å². The van der Waals surface area contributed by atoms with Gasteiger partial charge in [0.15, 0.2) is 0 Å². The van der Waals surface area contributed by atoms with Crippen molar-refractivity contribution >= 4 is 27.3 Å². The second-order valence-corrected chi connectivity index (χ2v) is 4.46. The van der Waals surface area contributed by atoms with Crippen LogP contribution in [0.2, 0.25) is 0 Å². The SMILES string of the molecule is C[C@H](C(=O)N[C@@H](CC(=O)OP)C(=O)O)c1ccccc1. The molecule has 0 fully saturated rings. The molecule has 0 heterocycles. The number of rotatable bonds is 6. The minimum atomic E-state index is -1.30. The van der Waals surface area contributed by atoms with Crippen molar-refractivity contribution in [3.8, 4) is 0 Å². The van der Waals surface area contributed by atoms with Gasteiger partial charge < -0.3 is 14.9 Å². The molecule has 108 valence electrons. The largest absolute Gasteiger partial charge is 0.480 e. The van der Waals surface area contributed by atoms with Gasteiger partial charge in [-0.15, -0.1) is 0 Å². The number of hydrogen-bond donors (Lipinski definition) is 2. The third-order valence-corrected chi connectivity index (χ3v) is 3.07. The molecule has 3 atom stereocenters. The van der Waals surface area contributed by atoms with Gasteiger partial charge >= 0.3 is 11.9 Å². The minimum Gasteiger partial charge on any atom is -0.480 e. The van der Waals surface area contributed by atoms with Crippen molar-refractivity contribution < 1.29 is 24.0 Å². The quantitative estimate of drug-likeness (QED) is 0.767. The van der Waals surface area contributed by atoms with Gasteiger partial charge in [0.1, 0.15) is 6.04 Å². The number of benzene rings is 1. The van der Waals surface area contributed by atoms with Gasteiger partial charge in [-0.1, -0.05) is 30.3 Å². The molecule has 0 bridgehead atoms. The predicted molar refractivity (Wildman–Crippen MR) is 74.8 cm³/mol. The normalized spacial score (nSPS) is 13.1. The lowest BCUT2D eigenvalue weighted by Gasteiger charge is -2.17. The number of amides is 1. The Labute approximate surface area is 118 Å². The Morgan fingerprint density at radius 1 is 1.30 bits per heavy atom. The summed E-state index contributed by atoms with van der Waals surface area (Å²) in [5, 5.41) is 11.3. The van der Waals surface area contributed by atoms with Crippen LogP contribution in [0.5, 0.6) is 0 Å². The lowest BCUT2D eigenvalue weighted by atomic mass is 10.00. The van der Waals surface area contributed by atoms with Gasteiger partial charge in [-0.3, -0.25) is 9.59 Å². The van der Waals surface area contributed by atoms with Crippen LogP contribution in [0.3, 0.4) is 0 Å². The molecule has 1 amide bonds. The summed E-state index contributed by atoms with van der Waals surface area (Å²) in [4.78, 5) is 34.1. The molecule has 0 saturated heterocycles. The molecule has 1 aromatic carbocycles. The van der Waals surface area contributed by atoms with E-state index >= 15 is 0 Å². The maximum absolute atomic E-state index is 12.0. The van der Waals surface area contributed by atoms with Crippen molar-refractivity contribution in [2.45, 2.75) is 25.3 Å². The molecule has 20 heavy (non-hydrogen) atoms. The first-order valence-electron chi connectivity index (χ1n) is 5.93. The lowest BCUT2D eigenvalue weighted by molar-refractivity contribution is -0.146. The van der Waals surface area contributed by atoms with E-state index in [1.54, 1.807) is 40.7 Å². The molecular weight excluding hydrogens is 281 g/mol. The standard InChI is InChI=1S/C13H16NO5P/c1-8(9-5-3-2-4-6-9)12(16)14-10(13(17)18)7-11(15)19-20/h2-6,8,10H,7,20H2,1H3,(H,14,16)(H,17,18)/t8-,10-/m0/s1. The van der Waals surface area contributed by atoms with Gasteiger partial charge in [0.25, 0.3) is 0 Å². The summed E-state index contributed by atoms with van der Waals surface area (Å²) in [6, 6.07) is 7.65. The van der Waals surface area contributed by atoms with E-state index in [-0.39, 0.29) is 0 Å². The summed E-state index contributed by atoms with van der Waals surface area (Å²) in [6.45, 7) is 1.66. The number of carbonyl (C=O) groups excluding carboxylic acids is 2. The third kappa shape index (κ3) is 4.63. The van der Waals surface area contributed by atoms with E-state index in [9.17, 15) is 14.4 Å². The predicted octanol–water partition coefficient (Wildman–Crippen LogP) is 1.08. The molecule has 1 unspecified atom stereocenters. The fourth-order valence-corrected chi connectivity index (χ4v) is 1.70. The maximum atomic E-state index is 12.0. The molecular formula is C13H16NO5P. The van der Waals surface area contributed by atoms with Crippen LogP contribution < -0.4 is 5.32 Å². The van der Waals surface area contributed by atoms with Crippen LogP contribution >= 0.6 is 9.47 Å². The highest BCUT2D eigenvalue weighted by Crippen LogP contribution is 2.15. The molecule has 0 radical (unpaired) electrons. The number of carbonyl (C=O) groups is 3. The van der Waals surface area contributed by atoms with E-state index < -0.39 is 36.2 Å². The van der Waals surface area contributed by atoms with Crippen LogP contribution in [-0.2, 0) is 18.9 Å². The Hall–Kier alpha value is -1.94. The van der Waals surface area contributed by atoms with Gasteiger partial charge in [0, 0.05) is 0 Å². The summed E-state index contributed by atoms with van der Waals surface area (Å²) in [5.74, 6) is -2.98. The molecule has 0 spiro atoms. The molecule has 0 aliphatic rings. The van der Waals surface area contributed by atoms with E-state index in [0.29, 0.717) is 0 Å². The molecule has 2 N–H and O–H groups in total. The third-order valence-electron chi connectivity index (χ3n) is 2.81. The average molecular weight is 297 g/mol. The van der Waals surface area contributed by atoms with Crippen LogP contribution in [0.1, 0.15) is 24.8 Å². The number of carboxylic acids is 1. The zero-order valence-electron chi connectivity index (χ0n) is 10.9. The fourth-order valence-electron chi connectivity index (χ4n) is 1.60. The van der Waals surface area contributed by atoms with Gasteiger partial charge in [-0.05, 0) is 12.5 Å². The Balaban J connectivity index is 2.71.